The van der Waals surface area contributed by atoms with E-state index in [9.17, 15) is 4.79 Å². The molecule has 1 amide bonds. The fourth-order valence-corrected chi connectivity index (χ4v) is 4.48. The van der Waals surface area contributed by atoms with E-state index >= 15 is 0 Å². The molecule has 3 heterocycles. The second kappa shape index (κ2) is 7.78. The zero-order chi connectivity index (χ0) is 15.4. The van der Waals surface area contributed by atoms with E-state index in [1.807, 2.05) is 0 Å². The molecule has 0 saturated carbocycles. The van der Waals surface area contributed by atoms with E-state index in [-0.39, 0.29) is 0 Å². The van der Waals surface area contributed by atoms with Gasteiger partial charge in [-0.1, -0.05) is 6.42 Å². The minimum Gasteiger partial charge on any atom is -0.339 e. The molecule has 3 fully saturated rings. The predicted molar refractivity (Wildman–Crippen MR) is 89.9 cm³/mol. The zero-order valence-corrected chi connectivity index (χ0v) is 14.3. The van der Waals surface area contributed by atoms with E-state index < -0.39 is 0 Å². The molecule has 22 heavy (non-hydrogen) atoms. The maximum Gasteiger partial charge on any atom is 0.236 e. The average Bonchev–Trinajstić information content (AvgIpc) is 2.95. The fourth-order valence-electron chi connectivity index (χ4n) is 4.48. The molecule has 4 heteroatoms. The predicted octanol–water partition coefficient (Wildman–Crippen LogP) is 2.34. The van der Waals surface area contributed by atoms with Gasteiger partial charge in [0.1, 0.15) is 0 Å². The highest BCUT2D eigenvalue weighted by Gasteiger charge is 2.31. The summed E-state index contributed by atoms with van der Waals surface area (Å²) in [6.07, 6.45) is 10.3. The lowest BCUT2D eigenvalue weighted by Crippen LogP contribution is -2.49. The standard InChI is InChI=1S/C18H33N3O/c1-16-8-3-6-13-21(16)18(22)15-20-12-7-9-17(20)14-19-10-4-2-5-11-19/h16-17H,2-15H2,1H3/t16-,17-/m0/s1. The summed E-state index contributed by atoms with van der Waals surface area (Å²) in [5.41, 5.74) is 0. The highest BCUT2D eigenvalue weighted by Crippen LogP contribution is 2.22. The van der Waals surface area contributed by atoms with Gasteiger partial charge in [0, 0.05) is 25.2 Å². The van der Waals surface area contributed by atoms with Crippen LogP contribution in [-0.2, 0) is 4.79 Å². The minimum atomic E-state index is 0.373. The van der Waals surface area contributed by atoms with Crippen LogP contribution < -0.4 is 0 Å². The number of carbonyl (C=O) groups excluding carboxylic acids is 1. The lowest BCUT2D eigenvalue weighted by atomic mass is 10.0. The van der Waals surface area contributed by atoms with Gasteiger partial charge in [-0.05, 0) is 71.5 Å². The molecule has 0 aliphatic carbocycles. The Kier molecular flexibility index (Phi) is 5.75. The molecule has 3 rings (SSSR count). The summed E-state index contributed by atoms with van der Waals surface area (Å²) in [7, 11) is 0. The summed E-state index contributed by atoms with van der Waals surface area (Å²) < 4.78 is 0. The normalized spacial score (nSPS) is 31.6. The van der Waals surface area contributed by atoms with Gasteiger partial charge in [0.2, 0.25) is 5.91 Å². The van der Waals surface area contributed by atoms with Crippen molar-refractivity contribution in [3.05, 3.63) is 0 Å². The van der Waals surface area contributed by atoms with Crippen LogP contribution in [0.25, 0.3) is 0 Å². The van der Waals surface area contributed by atoms with Crippen LogP contribution in [0.5, 0.6) is 0 Å². The van der Waals surface area contributed by atoms with Crippen LogP contribution in [0.15, 0.2) is 0 Å². The number of rotatable bonds is 4. The number of nitrogens with zero attached hydrogens (tertiary/aromatic N) is 3. The third-order valence-electron chi connectivity index (χ3n) is 5.88. The number of carbonyl (C=O) groups is 1. The van der Waals surface area contributed by atoms with E-state index in [2.05, 4.69) is 21.6 Å². The quantitative estimate of drug-likeness (QED) is 0.797. The maximum atomic E-state index is 12.7. The highest BCUT2D eigenvalue weighted by atomic mass is 16.2. The Morgan fingerprint density at radius 2 is 1.68 bits per heavy atom. The summed E-state index contributed by atoms with van der Waals surface area (Å²) in [6, 6.07) is 1.06. The van der Waals surface area contributed by atoms with Gasteiger partial charge in [0.25, 0.3) is 0 Å². The molecule has 3 aliphatic heterocycles. The van der Waals surface area contributed by atoms with E-state index in [0.717, 1.165) is 13.1 Å². The molecule has 0 aromatic heterocycles. The highest BCUT2D eigenvalue weighted by molar-refractivity contribution is 5.78. The molecule has 0 unspecified atom stereocenters. The molecule has 0 radical (unpaired) electrons. The average molecular weight is 307 g/mol. The Balaban J connectivity index is 1.50. The van der Waals surface area contributed by atoms with Crippen LogP contribution >= 0.6 is 0 Å². The second-order valence-electron chi connectivity index (χ2n) is 7.56. The van der Waals surface area contributed by atoms with Crippen LogP contribution in [0.1, 0.15) is 58.3 Å². The molecule has 0 bridgehead atoms. The summed E-state index contributed by atoms with van der Waals surface area (Å²) in [4.78, 5) is 19.9. The van der Waals surface area contributed by atoms with Crippen molar-refractivity contribution in [1.29, 1.82) is 0 Å². The molecular formula is C18H33N3O. The van der Waals surface area contributed by atoms with Gasteiger partial charge in [-0.25, -0.2) is 0 Å². The van der Waals surface area contributed by atoms with Crippen LogP contribution in [0.2, 0.25) is 0 Å². The maximum absolute atomic E-state index is 12.7. The third-order valence-corrected chi connectivity index (χ3v) is 5.88. The lowest BCUT2D eigenvalue weighted by molar-refractivity contribution is -0.136. The molecule has 0 aromatic rings. The van der Waals surface area contributed by atoms with Crippen LogP contribution in [-0.4, -0.2) is 72.0 Å². The summed E-state index contributed by atoms with van der Waals surface area (Å²) in [5.74, 6) is 0.373. The molecule has 3 aliphatic rings. The molecule has 2 atom stereocenters. The first-order chi connectivity index (χ1) is 10.7. The third kappa shape index (κ3) is 4.02. The van der Waals surface area contributed by atoms with Gasteiger partial charge in [-0.3, -0.25) is 9.69 Å². The Morgan fingerprint density at radius 1 is 0.909 bits per heavy atom. The minimum absolute atomic E-state index is 0.373. The van der Waals surface area contributed by atoms with Gasteiger partial charge in [-0.15, -0.1) is 0 Å². The monoisotopic (exact) mass is 307 g/mol. The van der Waals surface area contributed by atoms with Crippen molar-refractivity contribution in [2.45, 2.75) is 70.4 Å². The molecule has 3 saturated heterocycles. The molecule has 4 nitrogen and oxygen atoms in total. The largest absolute Gasteiger partial charge is 0.339 e. The van der Waals surface area contributed by atoms with Crippen molar-refractivity contribution in [2.75, 3.05) is 39.3 Å². The fraction of sp³-hybridized carbons (Fsp3) is 0.944. The molecular weight excluding hydrogens is 274 g/mol. The van der Waals surface area contributed by atoms with E-state index in [0.29, 0.717) is 24.5 Å². The Labute approximate surface area is 135 Å². The van der Waals surface area contributed by atoms with Gasteiger partial charge in [0.05, 0.1) is 6.54 Å². The van der Waals surface area contributed by atoms with E-state index in [1.165, 1.54) is 71.0 Å². The number of likely N-dealkylation sites (tertiary alicyclic amines) is 3. The van der Waals surface area contributed by atoms with Crippen LogP contribution in [0.4, 0.5) is 0 Å². The first-order valence-corrected chi connectivity index (χ1v) is 9.50. The van der Waals surface area contributed by atoms with Crippen molar-refractivity contribution in [1.82, 2.24) is 14.7 Å². The van der Waals surface area contributed by atoms with Crippen molar-refractivity contribution >= 4 is 5.91 Å². The van der Waals surface area contributed by atoms with Crippen molar-refractivity contribution in [2.24, 2.45) is 0 Å². The van der Waals surface area contributed by atoms with E-state index in [4.69, 9.17) is 0 Å². The first-order valence-electron chi connectivity index (χ1n) is 9.50. The molecule has 126 valence electrons. The summed E-state index contributed by atoms with van der Waals surface area (Å²) in [6.45, 7) is 8.68. The van der Waals surface area contributed by atoms with Gasteiger partial charge in [0.15, 0.2) is 0 Å². The zero-order valence-electron chi connectivity index (χ0n) is 14.3. The molecule has 0 N–H and O–H groups in total. The Morgan fingerprint density at radius 3 is 2.45 bits per heavy atom. The SMILES string of the molecule is C[C@H]1CCCCN1C(=O)CN1CCC[C@H]1CN1CCCCC1. The number of amides is 1. The molecule has 0 spiro atoms. The Hall–Kier alpha value is -0.610. The summed E-state index contributed by atoms with van der Waals surface area (Å²) in [5, 5.41) is 0. The second-order valence-corrected chi connectivity index (χ2v) is 7.56. The number of hydrogen-bond acceptors (Lipinski definition) is 3. The van der Waals surface area contributed by atoms with E-state index in [1.54, 1.807) is 0 Å². The Bertz CT molecular complexity index is 367. The lowest BCUT2D eigenvalue weighted by Gasteiger charge is -2.36. The van der Waals surface area contributed by atoms with Gasteiger partial charge < -0.3 is 9.80 Å². The topological polar surface area (TPSA) is 26.8 Å². The summed E-state index contributed by atoms with van der Waals surface area (Å²) >= 11 is 0. The van der Waals surface area contributed by atoms with Crippen LogP contribution in [0, 0.1) is 0 Å². The smallest absolute Gasteiger partial charge is 0.236 e. The van der Waals surface area contributed by atoms with Crippen LogP contribution in [0.3, 0.4) is 0 Å². The van der Waals surface area contributed by atoms with Gasteiger partial charge in [-0.2, -0.15) is 0 Å². The van der Waals surface area contributed by atoms with Crippen molar-refractivity contribution in [3.8, 4) is 0 Å². The first kappa shape index (κ1) is 16.3. The van der Waals surface area contributed by atoms with Crippen molar-refractivity contribution < 1.29 is 4.79 Å². The van der Waals surface area contributed by atoms with Gasteiger partial charge >= 0.3 is 0 Å². The number of hydrogen-bond donors (Lipinski definition) is 0. The molecule has 0 aromatic carbocycles. The number of piperidine rings is 2. The van der Waals surface area contributed by atoms with Crippen molar-refractivity contribution in [3.63, 3.8) is 0 Å².